The van der Waals surface area contributed by atoms with Crippen molar-refractivity contribution in [1.82, 2.24) is 9.80 Å². The van der Waals surface area contributed by atoms with Gasteiger partial charge in [-0.15, -0.1) is 0 Å². The van der Waals surface area contributed by atoms with Gasteiger partial charge in [0.05, 0.1) is 0 Å². The second-order valence-corrected chi connectivity index (χ2v) is 5.54. The van der Waals surface area contributed by atoms with E-state index in [0.717, 1.165) is 32.7 Å². The lowest BCUT2D eigenvalue weighted by atomic mass is 10.2. The number of hydrogen-bond donors (Lipinski definition) is 1. The maximum atomic E-state index is 3.21. The third-order valence-electron chi connectivity index (χ3n) is 3.91. The fraction of sp³-hybridized carbons (Fsp3) is 0.647. The summed E-state index contributed by atoms with van der Waals surface area (Å²) in [5.74, 6) is 0. The highest BCUT2D eigenvalue weighted by Gasteiger charge is 2.10. The van der Waals surface area contributed by atoms with Gasteiger partial charge in [-0.1, -0.05) is 26.0 Å². The summed E-state index contributed by atoms with van der Waals surface area (Å²) in [4.78, 5) is 5.03. The summed E-state index contributed by atoms with van der Waals surface area (Å²) in [6.07, 6.45) is 0. The fourth-order valence-corrected chi connectivity index (χ4v) is 2.48. The van der Waals surface area contributed by atoms with E-state index in [2.05, 4.69) is 67.1 Å². The molecule has 0 unspecified atom stereocenters. The number of rotatable bonds is 9. The Morgan fingerprint density at radius 1 is 1.10 bits per heavy atom. The average molecular weight is 277 g/mol. The normalized spacial score (nSPS) is 11.6. The Kier molecular flexibility index (Phi) is 7.63. The predicted molar refractivity (Wildman–Crippen MR) is 89.3 cm³/mol. The van der Waals surface area contributed by atoms with Gasteiger partial charge in [-0.2, -0.15) is 0 Å². The third kappa shape index (κ3) is 5.51. The minimum Gasteiger partial charge on any atom is -0.388 e. The molecule has 1 N–H and O–H groups in total. The van der Waals surface area contributed by atoms with Crippen molar-refractivity contribution in [1.29, 1.82) is 0 Å². The third-order valence-corrected chi connectivity index (χ3v) is 3.91. The quantitative estimate of drug-likeness (QED) is 0.747. The van der Waals surface area contributed by atoms with Crippen LogP contribution >= 0.6 is 0 Å². The van der Waals surface area contributed by atoms with Crippen molar-refractivity contribution in [2.75, 3.05) is 38.5 Å². The molecule has 0 saturated carbocycles. The van der Waals surface area contributed by atoms with Gasteiger partial charge in [-0.3, -0.25) is 9.80 Å². The van der Waals surface area contributed by atoms with Crippen molar-refractivity contribution < 1.29 is 0 Å². The molecule has 3 heteroatoms. The van der Waals surface area contributed by atoms with Crippen LogP contribution in [-0.2, 0) is 6.54 Å². The minimum absolute atomic E-state index is 0.631. The van der Waals surface area contributed by atoms with Gasteiger partial charge in [0.2, 0.25) is 0 Å². The van der Waals surface area contributed by atoms with Crippen LogP contribution < -0.4 is 5.32 Å². The van der Waals surface area contributed by atoms with Gasteiger partial charge >= 0.3 is 0 Å². The zero-order valence-corrected chi connectivity index (χ0v) is 13.8. The summed E-state index contributed by atoms with van der Waals surface area (Å²) in [6.45, 7) is 14.6. The maximum absolute atomic E-state index is 3.21. The summed E-state index contributed by atoms with van der Waals surface area (Å²) in [5, 5.41) is 3.21. The fourth-order valence-electron chi connectivity index (χ4n) is 2.48. The van der Waals surface area contributed by atoms with Crippen LogP contribution in [0.25, 0.3) is 0 Å². The maximum Gasteiger partial charge on any atom is 0.0340 e. The lowest BCUT2D eigenvalue weighted by Crippen LogP contribution is -2.38. The summed E-state index contributed by atoms with van der Waals surface area (Å²) >= 11 is 0. The van der Waals surface area contributed by atoms with Crippen LogP contribution in [-0.4, -0.2) is 49.1 Å². The first-order valence-electron chi connectivity index (χ1n) is 7.83. The first-order valence-corrected chi connectivity index (χ1v) is 7.83. The summed E-state index contributed by atoms with van der Waals surface area (Å²) < 4.78 is 0. The van der Waals surface area contributed by atoms with E-state index in [0.29, 0.717) is 6.04 Å². The van der Waals surface area contributed by atoms with Gasteiger partial charge in [0.25, 0.3) is 0 Å². The molecule has 1 aromatic rings. The van der Waals surface area contributed by atoms with E-state index in [1.165, 1.54) is 11.3 Å². The second-order valence-electron chi connectivity index (χ2n) is 5.54. The first-order chi connectivity index (χ1) is 9.60. The monoisotopic (exact) mass is 277 g/mol. The van der Waals surface area contributed by atoms with Gasteiger partial charge < -0.3 is 5.32 Å². The lowest BCUT2D eigenvalue weighted by molar-refractivity contribution is 0.182. The highest BCUT2D eigenvalue weighted by Crippen LogP contribution is 2.12. The Labute approximate surface area is 125 Å². The molecule has 0 atom stereocenters. The standard InChI is InChI=1S/C17H31N3/c1-6-19(11-12-20(7-2)15(3)4)14-16-9-8-10-17(13-16)18-5/h8-10,13,15,18H,6-7,11-12,14H2,1-5H3. The van der Waals surface area contributed by atoms with E-state index < -0.39 is 0 Å². The molecule has 0 aliphatic heterocycles. The van der Waals surface area contributed by atoms with Crippen LogP contribution in [0.5, 0.6) is 0 Å². The van der Waals surface area contributed by atoms with Crippen molar-refractivity contribution in [2.24, 2.45) is 0 Å². The van der Waals surface area contributed by atoms with E-state index in [9.17, 15) is 0 Å². The molecule has 0 heterocycles. The SMILES string of the molecule is CCN(CCN(CC)C(C)C)Cc1cccc(NC)c1. The van der Waals surface area contributed by atoms with Crippen LogP contribution in [0.2, 0.25) is 0 Å². The van der Waals surface area contributed by atoms with Crippen LogP contribution in [0.1, 0.15) is 33.3 Å². The minimum atomic E-state index is 0.631. The molecule has 114 valence electrons. The van der Waals surface area contributed by atoms with Crippen molar-refractivity contribution >= 4 is 5.69 Å². The van der Waals surface area contributed by atoms with Crippen molar-refractivity contribution in [3.63, 3.8) is 0 Å². The van der Waals surface area contributed by atoms with Crippen LogP contribution in [0.3, 0.4) is 0 Å². The van der Waals surface area contributed by atoms with Gasteiger partial charge in [0, 0.05) is 38.4 Å². The molecule has 0 fully saturated rings. The number of benzene rings is 1. The molecule has 1 aromatic carbocycles. The van der Waals surface area contributed by atoms with Crippen LogP contribution in [0, 0.1) is 0 Å². The summed E-state index contributed by atoms with van der Waals surface area (Å²) in [5.41, 5.74) is 2.57. The molecule has 0 saturated heterocycles. The molecule has 1 rings (SSSR count). The number of likely N-dealkylation sites (N-methyl/N-ethyl adjacent to an activating group) is 2. The van der Waals surface area contributed by atoms with Gasteiger partial charge in [0.15, 0.2) is 0 Å². The molecule has 3 nitrogen and oxygen atoms in total. The van der Waals surface area contributed by atoms with E-state index >= 15 is 0 Å². The number of anilines is 1. The van der Waals surface area contributed by atoms with Crippen LogP contribution in [0.4, 0.5) is 5.69 Å². The zero-order valence-electron chi connectivity index (χ0n) is 13.8. The Morgan fingerprint density at radius 3 is 2.40 bits per heavy atom. The number of nitrogens with zero attached hydrogens (tertiary/aromatic N) is 2. The Balaban J connectivity index is 2.53. The van der Waals surface area contributed by atoms with E-state index in [1.807, 2.05) is 7.05 Å². The molecule has 0 bridgehead atoms. The smallest absolute Gasteiger partial charge is 0.0340 e. The highest BCUT2D eigenvalue weighted by atomic mass is 15.2. The van der Waals surface area contributed by atoms with E-state index in [-0.39, 0.29) is 0 Å². The largest absolute Gasteiger partial charge is 0.388 e. The molecule has 0 spiro atoms. The highest BCUT2D eigenvalue weighted by molar-refractivity contribution is 5.44. The Morgan fingerprint density at radius 2 is 1.85 bits per heavy atom. The van der Waals surface area contributed by atoms with Crippen molar-refractivity contribution in [2.45, 2.75) is 40.3 Å². The molecule has 0 amide bonds. The van der Waals surface area contributed by atoms with Crippen molar-refractivity contribution in [3.05, 3.63) is 29.8 Å². The van der Waals surface area contributed by atoms with Crippen molar-refractivity contribution in [3.8, 4) is 0 Å². The predicted octanol–water partition coefficient (Wildman–Crippen LogP) is 3.28. The van der Waals surface area contributed by atoms with E-state index in [1.54, 1.807) is 0 Å². The summed E-state index contributed by atoms with van der Waals surface area (Å²) in [7, 11) is 1.97. The second kappa shape index (κ2) is 8.98. The lowest BCUT2D eigenvalue weighted by Gasteiger charge is -2.28. The van der Waals surface area contributed by atoms with Crippen LogP contribution in [0.15, 0.2) is 24.3 Å². The number of hydrogen-bond acceptors (Lipinski definition) is 3. The molecule has 20 heavy (non-hydrogen) atoms. The van der Waals surface area contributed by atoms with Gasteiger partial charge in [0.1, 0.15) is 0 Å². The molecular weight excluding hydrogens is 246 g/mol. The summed E-state index contributed by atoms with van der Waals surface area (Å²) in [6, 6.07) is 9.32. The Hall–Kier alpha value is -1.06. The molecule has 0 aliphatic carbocycles. The molecule has 0 radical (unpaired) electrons. The molecular formula is C17H31N3. The van der Waals surface area contributed by atoms with Gasteiger partial charge in [-0.25, -0.2) is 0 Å². The van der Waals surface area contributed by atoms with Gasteiger partial charge in [-0.05, 0) is 44.6 Å². The zero-order chi connectivity index (χ0) is 15.0. The van der Waals surface area contributed by atoms with E-state index in [4.69, 9.17) is 0 Å². The topological polar surface area (TPSA) is 18.5 Å². The Bertz CT molecular complexity index is 376. The molecule has 0 aliphatic rings. The average Bonchev–Trinajstić information content (AvgIpc) is 2.46. The first kappa shape index (κ1) is 17.0. The number of nitrogens with one attached hydrogen (secondary N) is 1. The molecule has 0 aromatic heterocycles.